The van der Waals surface area contributed by atoms with Gasteiger partial charge in [0, 0.05) is 5.56 Å². The molecule has 0 saturated heterocycles. The third-order valence-electron chi connectivity index (χ3n) is 3.87. The standard InChI is InChI=1S/C15H23NO/c1-6-7-12-14(16-5)13-10(3)8-9(2)11(4)15(13)17-12/h8,12,14,16H,6-7H2,1-5H3. The van der Waals surface area contributed by atoms with Gasteiger partial charge in [-0.3, -0.25) is 0 Å². The van der Waals surface area contributed by atoms with Crippen LogP contribution in [-0.2, 0) is 0 Å². The second kappa shape index (κ2) is 4.69. The second-order valence-corrected chi connectivity index (χ2v) is 5.09. The molecule has 2 unspecified atom stereocenters. The predicted molar refractivity (Wildman–Crippen MR) is 71.8 cm³/mol. The van der Waals surface area contributed by atoms with Crippen molar-refractivity contribution in [1.29, 1.82) is 0 Å². The molecule has 94 valence electrons. The lowest BCUT2D eigenvalue weighted by molar-refractivity contribution is 0.181. The zero-order valence-electron chi connectivity index (χ0n) is 11.6. The number of hydrogen-bond acceptors (Lipinski definition) is 2. The number of benzene rings is 1. The van der Waals surface area contributed by atoms with Crippen LogP contribution < -0.4 is 10.1 Å². The van der Waals surface area contributed by atoms with E-state index in [1.807, 2.05) is 7.05 Å². The Morgan fingerprint density at radius 3 is 2.53 bits per heavy atom. The molecule has 0 aromatic heterocycles. The summed E-state index contributed by atoms with van der Waals surface area (Å²) < 4.78 is 6.18. The highest BCUT2D eigenvalue weighted by Crippen LogP contribution is 2.43. The van der Waals surface area contributed by atoms with Crippen molar-refractivity contribution in [2.45, 2.75) is 52.7 Å². The van der Waals surface area contributed by atoms with Crippen LogP contribution in [0.1, 0.15) is 48.1 Å². The fourth-order valence-corrected chi connectivity index (χ4v) is 2.85. The van der Waals surface area contributed by atoms with Crippen LogP contribution >= 0.6 is 0 Å². The molecule has 0 radical (unpaired) electrons. The molecule has 2 nitrogen and oxygen atoms in total. The van der Waals surface area contributed by atoms with Gasteiger partial charge in [0.1, 0.15) is 11.9 Å². The first kappa shape index (κ1) is 12.4. The third kappa shape index (κ3) is 1.95. The maximum atomic E-state index is 6.18. The van der Waals surface area contributed by atoms with Crippen LogP contribution in [0.2, 0.25) is 0 Å². The topological polar surface area (TPSA) is 21.3 Å². The second-order valence-electron chi connectivity index (χ2n) is 5.09. The van der Waals surface area contributed by atoms with Crippen molar-refractivity contribution in [2.24, 2.45) is 0 Å². The maximum absolute atomic E-state index is 6.18. The minimum absolute atomic E-state index is 0.291. The van der Waals surface area contributed by atoms with Crippen LogP contribution in [0, 0.1) is 20.8 Å². The molecule has 0 amide bonds. The molecule has 1 aliphatic heterocycles. The molecule has 0 spiro atoms. The molecule has 2 atom stereocenters. The summed E-state index contributed by atoms with van der Waals surface area (Å²) in [6.45, 7) is 8.72. The zero-order valence-corrected chi connectivity index (χ0v) is 11.6. The molecule has 0 saturated carbocycles. The van der Waals surface area contributed by atoms with Crippen LogP contribution in [0.3, 0.4) is 0 Å². The average molecular weight is 233 g/mol. The molecule has 1 heterocycles. The van der Waals surface area contributed by atoms with Crippen LogP contribution in [0.25, 0.3) is 0 Å². The Kier molecular flexibility index (Phi) is 3.43. The Morgan fingerprint density at radius 1 is 1.24 bits per heavy atom. The highest BCUT2D eigenvalue weighted by Gasteiger charge is 2.35. The molecular formula is C15H23NO. The van der Waals surface area contributed by atoms with Crippen molar-refractivity contribution in [3.63, 3.8) is 0 Å². The Hall–Kier alpha value is -1.02. The molecule has 0 fully saturated rings. The fourth-order valence-electron chi connectivity index (χ4n) is 2.85. The first-order valence-corrected chi connectivity index (χ1v) is 6.54. The zero-order chi connectivity index (χ0) is 12.6. The lowest BCUT2D eigenvalue weighted by atomic mass is 9.93. The average Bonchev–Trinajstić information content (AvgIpc) is 2.65. The van der Waals surface area contributed by atoms with E-state index < -0.39 is 0 Å². The molecule has 1 aromatic rings. The molecular weight excluding hydrogens is 210 g/mol. The van der Waals surface area contributed by atoms with Crippen molar-refractivity contribution in [1.82, 2.24) is 5.32 Å². The monoisotopic (exact) mass is 233 g/mol. The minimum Gasteiger partial charge on any atom is -0.488 e. The van der Waals surface area contributed by atoms with E-state index in [0.29, 0.717) is 12.1 Å². The van der Waals surface area contributed by atoms with Gasteiger partial charge in [0.2, 0.25) is 0 Å². The van der Waals surface area contributed by atoms with Gasteiger partial charge in [0.25, 0.3) is 0 Å². The molecule has 0 aliphatic carbocycles. The largest absolute Gasteiger partial charge is 0.488 e. The number of likely N-dealkylation sites (N-methyl/N-ethyl adjacent to an activating group) is 1. The molecule has 1 aliphatic rings. The number of aryl methyl sites for hydroxylation is 2. The highest BCUT2D eigenvalue weighted by atomic mass is 16.5. The van der Waals surface area contributed by atoms with E-state index in [1.165, 1.54) is 22.3 Å². The van der Waals surface area contributed by atoms with Gasteiger partial charge in [-0.1, -0.05) is 19.4 Å². The molecule has 1 N–H and O–H groups in total. The number of ether oxygens (including phenoxy) is 1. The Morgan fingerprint density at radius 2 is 1.94 bits per heavy atom. The predicted octanol–water partition coefficient (Wildman–Crippen LogP) is 3.43. The molecule has 17 heavy (non-hydrogen) atoms. The van der Waals surface area contributed by atoms with E-state index in [-0.39, 0.29) is 0 Å². The summed E-state index contributed by atoms with van der Waals surface area (Å²) in [6.07, 6.45) is 2.56. The lowest BCUT2D eigenvalue weighted by Crippen LogP contribution is -2.28. The van der Waals surface area contributed by atoms with Gasteiger partial charge in [-0.25, -0.2) is 0 Å². The van der Waals surface area contributed by atoms with Crippen molar-refractivity contribution in [3.05, 3.63) is 28.3 Å². The summed E-state index contributed by atoms with van der Waals surface area (Å²) in [6, 6.07) is 2.63. The van der Waals surface area contributed by atoms with Gasteiger partial charge in [-0.2, -0.15) is 0 Å². The Bertz CT molecular complexity index is 425. The quantitative estimate of drug-likeness (QED) is 0.863. The number of rotatable bonds is 3. The Labute approximate surface area is 104 Å². The van der Waals surface area contributed by atoms with Gasteiger partial charge in [0.05, 0.1) is 6.04 Å². The summed E-state index contributed by atoms with van der Waals surface area (Å²) in [5.74, 6) is 1.13. The molecule has 1 aromatic carbocycles. The van der Waals surface area contributed by atoms with E-state index in [2.05, 4.69) is 39.1 Å². The normalized spacial score (nSPS) is 22.4. The van der Waals surface area contributed by atoms with E-state index in [0.717, 1.165) is 18.6 Å². The van der Waals surface area contributed by atoms with Gasteiger partial charge in [-0.05, 0) is 50.9 Å². The van der Waals surface area contributed by atoms with Crippen molar-refractivity contribution in [3.8, 4) is 5.75 Å². The lowest BCUT2D eigenvalue weighted by Gasteiger charge is -2.18. The van der Waals surface area contributed by atoms with E-state index in [4.69, 9.17) is 4.74 Å². The number of nitrogens with one attached hydrogen (secondary N) is 1. The number of hydrogen-bond donors (Lipinski definition) is 1. The summed E-state index contributed by atoms with van der Waals surface area (Å²) in [7, 11) is 2.03. The first-order chi connectivity index (χ1) is 8.10. The SMILES string of the molecule is CCCC1Oc2c(C)c(C)cc(C)c2C1NC. The summed E-state index contributed by atoms with van der Waals surface area (Å²) in [5.41, 5.74) is 5.34. The fraction of sp³-hybridized carbons (Fsp3) is 0.600. The van der Waals surface area contributed by atoms with Crippen molar-refractivity contribution >= 4 is 0 Å². The summed E-state index contributed by atoms with van der Waals surface area (Å²) in [5, 5.41) is 3.42. The molecule has 2 heteroatoms. The van der Waals surface area contributed by atoms with Crippen LogP contribution in [-0.4, -0.2) is 13.2 Å². The van der Waals surface area contributed by atoms with Gasteiger partial charge >= 0.3 is 0 Å². The van der Waals surface area contributed by atoms with Crippen molar-refractivity contribution < 1.29 is 4.74 Å². The van der Waals surface area contributed by atoms with E-state index >= 15 is 0 Å². The first-order valence-electron chi connectivity index (χ1n) is 6.54. The van der Waals surface area contributed by atoms with E-state index in [9.17, 15) is 0 Å². The van der Waals surface area contributed by atoms with E-state index in [1.54, 1.807) is 0 Å². The highest BCUT2D eigenvalue weighted by molar-refractivity contribution is 5.54. The third-order valence-corrected chi connectivity index (χ3v) is 3.87. The number of fused-ring (bicyclic) bond motifs is 1. The van der Waals surface area contributed by atoms with Crippen molar-refractivity contribution in [2.75, 3.05) is 7.05 Å². The van der Waals surface area contributed by atoms with Gasteiger partial charge in [-0.15, -0.1) is 0 Å². The summed E-state index contributed by atoms with van der Waals surface area (Å²) in [4.78, 5) is 0. The Balaban J connectivity index is 2.48. The van der Waals surface area contributed by atoms with Crippen LogP contribution in [0.15, 0.2) is 6.07 Å². The molecule has 2 rings (SSSR count). The smallest absolute Gasteiger partial charge is 0.128 e. The maximum Gasteiger partial charge on any atom is 0.128 e. The van der Waals surface area contributed by atoms with Gasteiger partial charge < -0.3 is 10.1 Å². The van der Waals surface area contributed by atoms with Crippen LogP contribution in [0.4, 0.5) is 0 Å². The summed E-state index contributed by atoms with van der Waals surface area (Å²) >= 11 is 0. The van der Waals surface area contributed by atoms with Crippen LogP contribution in [0.5, 0.6) is 5.75 Å². The molecule has 0 bridgehead atoms. The minimum atomic E-state index is 0.291. The van der Waals surface area contributed by atoms with Gasteiger partial charge in [0.15, 0.2) is 0 Å².